The first kappa shape index (κ1) is 28.4. The highest BCUT2D eigenvalue weighted by Crippen LogP contribution is 2.53. The van der Waals surface area contributed by atoms with Crippen LogP contribution in [-0.2, 0) is 5.41 Å². The largest absolute Gasteiger partial charge is 0.238 e. The van der Waals surface area contributed by atoms with Gasteiger partial charge in [-0.2, -0.15) is 0 Å². The van der Waals surface area contributed by atoms with Gasteiger partial charge in [-0.3, -0.25) is 0 Å². The number of hydrogen-bond donors (Lipinski definition) is 0. The zero-order valence-corrected chi connectivity index (χ0v) is 26.3. The van der Waals surface area contributed by atoms with E-state index in [0.29, 0.717) is 11.5 Å². The minimum atomic E-state index is -0.177. The van der Waals surface area contributed by atoms with E-state index in [4.69, 9.17) is 16.5 Å². The molecule has 6 aromatic carbocycles. The van der Waals surface area contributed by atoms with Gasteiger partial charge in [0.15, 0.2) is 11.5 Å². The van der Waals surface area contributed by atoms with Crippen molar-refractivity contribution in [1.82, 2.24) is 9.97 Å². The van der Waals surface area contributed by atoms with Crippen LogP contribution in [0.25, 0.3) is 72.1 Å². The molecule has 0 saturated carbocycles. The molecule has 0 spiro atoms. The molecule has 8 rings (SSSR count). The summed E-state index contributed by atoms with van der Waals surface area (Å²) < 4.78 is 0. The molecular weight excluding hydrogens is 571 g/mol. The van der Waals surface area contributed by atoms with Crippen LogP contribution in [0.3, 0.4) is 0 Å². The Kier molecular flexibility index (Phi) is 6.85. The Morgan fingerprint density at radius 3 is 1.87 bits per heavy atom. The average molecular weight is 602 g/mol. The van der Waals surface area contributed by atoms with Crippen molar-refractivity contribution in [3.05, 3.63) is 174 Å². The zero-order chi connectivity index (χ0) is 32.0. The van der Waals surface area contributed by atoms with Crippen molar-refractivity contribution in [1.29, 1.82) is 0 Å². The lowest BCUT2D eigenvalue weighted by molar-refractivity contribution is 0.660. The Labute approximate surface area is 275 Å². The SMILES string of the molecule is [C-]#[N+]c1cccc2c1-c1cc(-c3ccccc3-c3cc(-c4cccc(-c5ccccc5)c4)nc(-c4ccccc4)n3)ccc1C2(C)C. The standard InChI is InChI=1S/C44H31N3/c1-44(2)37-25-24-32(27-36(37)42-38(44)22-13-23-39(42)45-3)34-20-10-11-21-35(34)41-28-40(46-43(47-41)30-16-8-5-9-17-30)33-19-12-18-31(26-33)29-14-6-4-7-15-29/h4-28H,1-2H3. The monoisotopic (exact) mass is 601 g/mol. The van der Waals surface area contributed by atoms with Crippen LogP contribution in [0.4, 0.5) is 5.69 Å². The molecule has 47 heavy (non-hydrogen) atoms. The molecule has 0 bridgehead atoms. The zero-order valence-electron chi connectivity index (χ0n) is 26.3. The summed E-state index contributed by atoms with van der Waals surface area (Å²) in [6, 6.07) is 52.6. The molecule has 222 valence electrons. The van der Waals surface area contributed by atoms with E-state index in [2.05, 4.69) is 134 Å². The molecule has 0 aliphatic heterocycles. The van der Waals surface area contributed by atoms with Gasteiger partial charge < -0.3 is 0 Å². The Morgan fingerprint density at radius 1 is 0.468 bits per heavy atom. The van der Waals surface area contributed by atoms with Gasteiger partial charge in [-0.15, -0.1) is 0 Å². The second-order valence-corrected chi connectivity index (χ2v) is 12.5. The summed E-state index contributed by atoms with van der Waals surface area (Å²) in [5, 5.41) is 0. The summed E-state index contributed by atoms with van der Waals surface area (Å²) in [6.07, 6.45) is 0. The van der Waals surface area contributed by atoms with Gasteiger partial charge in [-0.25, -0.2) is 14.8 Å². The van der Waals surface area contributed by atoms with Crippen molar-refractivity contribution in [2.45, 2.75) is 19.3 Å². The van der Waals surface area contributed by atoms with E-state index in [-0.39, 0.29) is 5.41 Å². The first-order valence-electron chi connectivity index (χ1n) is 15.9. The maximum Gasteiger partial charge on any atom is 0.195 e. The molecule has 1 aliphatic rings. The molecular formula is C44H31N3. The maximum atomic E-state index is 7.90. The van der Waals surface area contributed by atoms with Crippen LogP contribution in [0.15, 0.2) is 152 Å². The van der Waals surface area contributed by atoms with Crippen LogP contribution in [0, 0.1) is 6.57 Å². The summed E-state index contributed by atoms with van der Waals surface area (Å²) in [5.41, 5.74) is 14.4. The number of rotatable bonds is 5. The number of aromatic nitrogens is 2. The lowest BCUT2D eigenvalue weighted by Gasteiger charge is -2.22. The molecule has 0 radical (unpaired) electrons. The van der Waals surface area contributed by atoms with Gasteiger partial charge in [0.05, 0.1) is 18.0 Å². The van der Waals surface area contributed by atoms with Crippen molar-refractivity contribution < 1.29 is 0 Å². The number of fused-ring (bicyclic) bond motifs is 3. The third-order valence-electron chi connectivity index (χ3n) is 9.34. The third-order valence-corrected chi connectivity index (χ3v) is 9.34. The van der Waals surface area contributed by atoms with Crippen LogP contribution < -0.4 is 0 Å². The molecule has 0 atom stereocenters. The van der Waals surface area contributed by atoms with E-state index in [1.807, 2.05) is 36.4 Å². The first-order valence-corrected chi connectivity index (χ1v) is 15.9. The Balaban J connectivity index is 1.30. The summed E-state index contributed by atoms with van der Waals surface area (Å²) in [7, 11) is 0. The molecule has 1 aromatic heterocycles. The Morgan fingerprint density at radius 2 is 1.11 bits per heavy atom. The van der Waals surface area contributed by atoms with Gasteiger partial charge in [-0.05, 0) is 62.7 Å². The van der Waals surface area contributed by atoms with Gasteiger partial charge in [0.2, 0.25) is 0 Å². The van der Waals surface area contributed by atoms with E-state index < -0.39 is 0 Å². The quantitative estimate of drug-likeness (QED) is 0.184. The molecule has 0 fully saturated rings. The van der Waals surface area contributed by atoms with E-state index in [0.717, 1.165) is 55.9 Å². The Hall–Kier alpha value is -6.11. The lowest BCUT2D eigenvalue weighted by Crippen LogP contribution is -2.14. The van der Waals surface area contributed by atoms with E-state index in [1.165, 1.54) is 16.7 Å². The van der Waals surface area contributed by atoms with E-state index >= 15 is 0 Å². The topological polar surface area (TPSA) is 30.1 Å². The van der Waals surface area contributed by atoms with Crippen molar-refractivity contribution in [2.75, 3.05) is 0 Å². The average Bonchev–Trinajstić information content (AvgIpc) is 3.38. The fraction of sp³-hybridized carbons (Fsp3) is 0.0682. The molecule has 7 aromatic rings. The first-order chi connectivity index (χ1) is 23.0. The summed E-state index contributed by atoms with van der Waals surface area (Å²) in [6.45, 7) is 12.4. The minimum absolute atomic E-state index is 0.177. The van der Waals surface area contributed by atoms with Crippen LogP contribution >= 0.6 is 0 Å². The van der Waals surface area contributed by atoms with Gasteiger partial charge >= 0.3 is 0 Å². The number of hydrogen-bond acceptors (Lipinski definition) is 2. The molecule has 0 unspecified atom stereocenters. The molecule has 1 aliphatic carbocycles. The summed E-state index contributed by atoms with van der Waals surface area (Å²) >= 11 is 0. The molecule has 1 heterocycles. The Bertz CT molecular complexity index is 2330. The van der Waals surface area contributed by atoms with Crippen LogP contribution in [-0.4, -0.2) is 9.97 Å². The van der Waals surface area contributed by atoms with Gasteiger partial charge in [0.1, 0.15) is 0 Å². The molecule has 0 N–H and O–H groups in total. The maximum absolute atomic E-state index is 7.90. The number of benzene rings is 6. The van der Waals surface area contributed by atoms with Crippen molar-refractivity contribution in [2.24, 2.45) is 0 Å². The normalized spacial score (nSPS) is 12.6. The van der Waals surface area contributed by atoms with Gasteiger partial charge in [0.25, 0.3) is 0 Å². The second-order valence-electron chi connectivity index (χ2n) is 12.5. The lowest BCUT2D eigenvalue weighted by atomic mass is 9.82. The van der Waals surface area contributed by atoms with Gasteiger partial charge in [-0.1, -0.05) is 147 Å². The van der Waals surface area contributed by atoms with Crippen LogP contribution in [0.2, 0.25) is 0 Å². The predicted molar refractivity (Wildman–Crippen MR) is 193 cm³/mol. The van der Waals surface area contributed by atoms with Crippen LogP contribution in [0.5, 0.6) is 0 Å². The van der Waals surface area contributed by atoms with Crippen LogP contribution in [0.1, 0.15) is 25.0 Å². The molecule has 0 amide bonds. The highest BCUT2D eigenvalue weighted by atomic mass is 14.9. The van der Waals surface area contributed by atoms with E-state index in [9.17, 15) is 0 Å². The highest BCUT2D eigenvalue weighted by molar-refractivity contribution is 5.94. The smallest absolute Gasteiger partial charge is 0.195 e. The summed E-state index contributed by atoms with van der Waals surface area (Å²) in [5.74, 6) is 0.685. The summed E-state index contributed by atoms with van der Waals surface area (Å²) in [4.78, 5) is 14.2. The predicted octanol–water partition coefficient (Wildman–Crippen LogP) is 11.7. The van der Waals surface area contributed by atoms with Crippen molar-refractivity contribution in [3.63, 3.8) is 0 Å². The molecule has 3 nitrogen and oxygen atoms in total. The number of nitrogens with zero attached hydrogens (tertiary/aromatic N) is 3. The fourth-order valence-electron chi connectivity index (χ4n) is 6.94. The van der Waals surface area contributed by atoms with Crippen molar-refractivity contribution in [3.8, 4) is 67.3 Å². The highest BCUT2D eigenvalue weighted by Gasteiger charge is 2.36. The third kappa shape index (κ3) is 4.92. The van der Waals surface area contributed by atoms with Gasteiger partial charge in [0, 0.05) is 22.1 Å². The van der Waals surface area contributed by atoms with Crippen molar-refractivity contribution >= 4 is 5.69 Å². The minimum Gasteiger partial charge on any atom is -0.238 e. The fourth-order valence-corrected chi connectivity index (χ4v) is 6.94. The second kappa shape index (κ2) is 11.4. The van der Waals surface area contributed by atoms with E-state index in [1.54, 1.807) is 0 Å². The molecule has 0 saturated heterocycles. The molecule has 3 heteroatoms.